The van der Waals surface area contributed by atoms with Gasteiger partial charge in [0.2, 0.25) is 0 Å². The second kappa shape index (κ2) is 7.73. The molecule has 2 N–H and O–H groups in total. The van der Waals surface area contributed by atoms with Crippen LogP contribution >= 0.6 is 11.3 Å². The van der Waals surface area contributed by atoms with Gasteiger partial charge in [0.1, 0.15) is 11.5 Å². The number of rotatable bonds is 7. The molecule has 2 aromatic heterocycles. The third-order valence-corrected chi connectivity index (χ3v) is 3.98. The van der Waals surface area contributed by atoms with Gasteiger partial charge in [0.15, 0.2) is 0 Å². The van der Waals surface area contributed by atoms with Gasteiger partial charge in [-0.05, 0) is 24.8 Å². The summed E-state index contributed by atoms with van der Waals surface area (Å²) < 4.78 is 0. The molecule has 0 aromatic carbocycles. The number of amides is 1. The van der Waals surface area contributed by atoms with E-state index in [9.17, 15) is 4.79 Å². The maximum absolute atomic E-state index is 12.3. The Bertz CT molecular complexity index is 571. The van der Waals surface area contributed by atoms with Crippen molar-refractivity contribution in [3.8, 4) is 0 Å². The predicted molar refractivity (Wildman–Crippen MR) is 85.6 cm³/mol. The molecule has 0 fully saturated rings. The Balaban J connectivity index is 2.10. The van der Waals surface area contributed by atoms with E-state index in [1.165, 1.54) is 11.1 Å². The van der Waals surface area contributed by atoms with Gasteiger partial charge >= 0.3 is 0 Å². The van der Waals surface area contributed by atoms with Gasteiger partial charge in [-0.25, -0.2) is 4.98 Å². The first-order chi connectivity index (χ1) is 10.2. The number of carbonyl (C=O) groups is 1. The van der Waals surface area contributed by atoms with E-state index >= 15 is 0 Å². The summed E-state index contributed by atoms with van der Waals surface area (Å²) in [5.74, 6) is 0.433. The SMILES string of the molecule is CCCC(NC(=O)c1cncc(NCC)n1)c1cccs1. The molecule has 0 spiro atoms. The Hall–Kier alpha value is -1.95. The Morgan fingerprint density at radius 3 is 2.90 bits per heavy atom. The van der Waals surface area contributed by atoms with Crippen molar-refractivity contribution < 1.29 is 4.79 Å². The summed E-state index contributed by atoms with van der Waals surface area (Å²) in [6.07, 6.45) is 5.02. The van der Waals surface area contributed by atoms with Crippen LogP contribution in [-0.4, -0.2) is 22.4 Å². The average Bonchev–Trinajstić information content (AvgIpc) is 3.01. The van der Waals surface area contributed by atoms with Crippen LogP contribution in [0.2, 0.25) is 0 Å². The first-order valence-corrected chi connectivity index (χ1v) is 8.02. The molecular weight excluding hydrogens is 284 g/mol. The molecule has 0 aliphatic rings. The van der Waals surface area contributed by atoms with Crippen molar-refractivity contribution in [2.24, 2.45) is 0 Å². The second-order valence-corrected chi connectivity index (χ2v) is 5.63. The van der Waals surface area contributed by atoms with E-state index in [0.717, 1.165) is 19.4 Å². The lowest BCUT2D eigenvalue weighted by atomic mass is 10.1. The van der Waals surface area contributed by atoms with E-state index in [1.807, 2.05) is 24.4 Å². The molecule has 1 amide bonds. The first kappa shape index (κ1) is 15.4. The quantitative estimate of drug-likeness (QED) is 0.824. The highest BCUT2D eigenvalue weighted by Crippen LogP contribution is 2.23. The van der Waals surface area contributed by atoms with E-state index in [0.29, 0.717) is 11.5 Å². The zero-order valence-electron chi connectivity index (χ0n) is 12.3. The third-order valence-electron chi connectivity index (χ3n) is 2.99. The molecule has 0 saturated carbocycles. The van der Waals surface area contributed by atoms with Crippen LogP contribution < -0.4 is 10.6 Å². The molecular formula is C15H20N4OS. The van der Waals surface area contributed by atoms with Gasteiger partial charge in [0.25, 0.3) is 5.91 Å². The fourth-order valence-electron chi connectivity index (χ4n) is 2.04. The monoisotopic (exact) mass is 304 g/mol. The van der Waals surface area contributed by atoms with Crippen LogP contribution in [0.4, 0.5) is 5.82 Å². The van der Waals surface area contributed by atoms with E-state index < -0.39 is 0 Å². The zero-order valence-corrected chi connectivity index (χ0v) is 13.1. The second-order valence-electron chi connectivity index (χ2n) is 4.65. The first-order valence-electron chi connectivity index (χ1n) is 7.14. The third kappa shape index (κ3) is 4.26. The van der Waals surface area contributed by atoms with Gasteiger partial charge in [-0.1, -0.05) is 19.4 Å². The van der Waals surface area contributed by atoms with Gasteiger partial charge in [-0.3, -0.25) is 9.78 Å². The fraction of sp³-hybridized carbons (Fsp3) is 0.400. The molecule has 21 heavy (non-hydrogen) atoms. The molecule has 5 nitrogen and oxygen atoms in total. The molecule has 0 bridgehead atoms. The highest BCUT2D eigenvalue weighted by Gasteiger charge is 2.17. The fourth-order valence-corrected chi connectivity index (χ4v) is 2.85. The van der Waals surface area contributed by atoms with Crippen molar-refractivity contribution >= 4 is 23.1 Å². The van der Waals surface area contributed by atoms with Crippen molar-refractivity contribution in [3.63, 3.8) is 0 Å². The van der Waals surface area contributed by atoms with E-state index in [2.05, 4.69) is 27.5 Å². The summed E-state index contributed by atoms with van der Waals surface area (Å²) in [6, 6.07) is 4.08. The number of aromatic nitrogens is 2. The van der Waals surface area contributed by atoms with Crippen molar-refractivity contribution in [3.05, 3.63) is 40.5 Å². The van der Waals surface area contributed by atoms with Gasteiger partial charge in [-0.15, -0.1) is 11.3 Å². The van der Waals surface area contributed by atoms with E-state index in [-0.39, 0.29) is 11.9 Å². The standard InChI is InChI=1S/C15H20N4OS/c1-3-6-11(13-7-5-8-21-13)19-15(20)12-9-16-10-14(18-12)17-4-2/h5,7-11H,3-4,6H2,1-2H3,(H,17,18)(H,19,20). The summed E-state index contributed by atoms with van der Waals surface area (Å²) in [5, 5.41) is 8.13. The maximum atomic E-state index is 12.3. The van der Waals surface area contributed by atoms with Crippen LogP contribution in [-0.2, 0) is 0 Å². The van der Waals surface area contributed by atoms with Crippen molar-refractivity contribution in [1.29, 1.82) is 0 Å². The largest absolute Gasteiger partial charge is 0.369 e. The predicted octanol–water partition coefficient (Wildman–Crippen LogP) is 3.24. The number of hydrogen-bond donors (Lipinski definition) is 2. The minimum absolute atomic E-state index is 0.0343. The molecule has 1 unspecified atom stereocenters. The topological polar surface area (TPSA) is 66.9 Å². The number of anilines is 1. The number of nitrogens with zero attached hydrogens (tertiary/aromatic N) is 2. The molecule has 0 aliphatic carbocycles. The summed E-state index contributed by atoms with van der Waals surface area (Å²) in [7, 11) is 0. The molecule has 2 heterocycles. The number of hydrogen-bond acceptors (Lipinski definition) is 5. The number of nitrogens with one attached hydrogen (secondary N) is 2. The number of thiophene rings is 1. The Morgan fingerprint density at radius 2 is 2.24 bits per heavy atom. The molecule has 1 atom stereocenters. The van der Waals surface area contributed by atoms with Crippen LogP contribution in [0.5, 0.6) is 0 Å². The summed E-state index contributed by atoms with van der Waals surface area (Å²) >= 11 is 1.66. The van der Waals surface area contributed by atoms with Gasteiger partial charge in [0.05, 0.1) is 18.4 Å². The lowest BCUT2D eigenvalue weighted by Gasteiger charge is -2.16. The highest BCUT2D eigenvalue weighted by molar-refractivity contribution is 7.10. The Labute approximate surface area is 128 Å². The van der Waals surface area contributed by atoms with Gasteiger partial charge in [0, 0.05) is 11.4 Å². The minimum atomic E-state index is -0.186. The Kier molecular flexibility index (Phi) is 5.68. The van der Waals surface area contributed by atoms with E-state index in [1.54, 1.807) is 17.5 Å². The van der Waals surface area contributed by atoms with Gasteiger partial charge in [-0.2, -0.15) is 0 Å². The van der Waals surface area contributed by atoms with Crippen LogP contribution in [0.15, 0.2) is 29.9 Å². The van der Waals surface area contributed by atoms with Crippen LogP contribution in [0.3, 0.4) is 0 Å². The summed E-state index contributed by atoms with van der Waals surface area (Å²) in [5.41, 5.74) is 0.339. The van der Waals surface area contributed by atoms with E-state index in [4.69, 9.17) is 0 Å². The summed E-state index contributed by atoms with van der Waals surface area (Å²) in [4.78, 5) is 21.8. The lowest BCUT2D eigenvalue weighted by molar-refractivity contribution is 0.0930. The zero-order chi connectivity index (χ0) is 15.1. The Morgan fingerprint density at radius 1 is 1.38 bits per heavy atom. The van der Waals surface area contributed by atoms with Gasteiger partial charge < -0.3 is 10.6 Å². The van der Waals surface area contributed by atoms with Crippen molar-refractivity contribution in [2.45, 2.75) is 32.7 Å². The van der Waals surface area contributed by atoms with Crippen LogP contribution in [0.1, 0.15) is 48.1 Å². The minimum Gasteiger partial charge on any atom is -0.369 e. The lowest BCUT2D eigenvalue weighted by Crippen LogP contribution is -2.29. The maximum Gasteiger partial charge on any atom is 0.272 e. The van der Waals surface area contributed by atoms with Crippen LogP contribution in [0, 0.1) is 0 Å². The smallest absolute Gasteiger partial charge is 0.272 e. The number of carbonyl (C=O) groups excluding carboxylic acids is 1. The molecule has 0 radical (unpaired) electrons. The molecule has 0 aliphatic heterocycles. The molecule has 112 valence electrons. The van der Waals surface area contributed by atoms with Crippen molar-refractivity contribution in [1.82, 2.24) is 15.3 Å². The molecule has 6 heteroatoms. The average molecular weight is 304 g/mol. The van der Waals surface area contributed by atoms with Crippen LogP contribution in [0.25, 0.3) is 0 Å². The molecule has 2 rings (SSSR count). The molecule has 2 aromatic rings. The summed E-state index contributed by atoms with van der Waals surface area (Å²) in [6.45, 7) is 4.83. The molecule has 0 saturated heterocycles. The van der Waals surface area contributed by atoms with Crippen molar-refractivity contribution in [2.75, 3.05) is 11.9 Å². The normalized spacial score (nSPS) is 11.9. The highest BCUT2D eigenvalue weighted by atomic mass is 32.1.